The lowest BCUT2D eigenvalue weighted by Crippen LogP contribution is -1.75. The fourth-order valence-corrected chi connectivity index (χ4v) is 0.278. The van der Waals surface area contributed by atoms with Gasteiger partial charge in [0.25, 0.3) is 0 Å². The summed E-state index contributed by atoms with van der Waals surface area (Å²) in [6.07, 6.45) is 3.75. The Morgan fingerprint density at radius 1 is 1.12 bits per heavy atom. The van der Waals surface area contributed by atoms with Crippen LogP contribution in [0.5, 0.6) is 0 Å². The van der Waals surface area contributed by atoms with E-state index in [2.05, 4.69) is 4.98 Å². The van der Waals surface area contributed by atoms with Crippen molar-refractivity contribution in [3.63, 3.8) is 0 Å². The molecule has 0 aliphatic heterocycles. The van der Waals surface area contributed by atoms with Gasteiger partial charge in [-0.15, -0.1) is 0 Å². The summed E-state index contributed by atoms with van der Waals surface area (Å²) in [7, 11) is 0. The van der Waals surface area contributed by atoms with Crippen LogP contribution in [0.1, 0.15) is 0 Å². The molecule has 0 fully saturated rings. The summed E-state index contributed by atoms with van der Waals surface area (Å²) < 4.78 is 0. The van der Waals surface area contributed by atoms with Crippen LogP contribution >= 0.6 is 0 Å². The summed E-state index contributed by atoms with van der Waals surface area (Å²) in [5.74, 6) is 0. The minimum atomic E-state index is 0. The van der Waals surface area contributed by atoms with Crippen molar-refractivity contribution < 1.29 is 10.0 Å². The third-order valence-corrected chi connectivity index (χ3v) is 0.496. The van der Waals surface area contributed by atoms with Crippen molar-refractivity contribution in [3.05, 3.63) is 24.5 Å². The fourth-order valence-electron chi connectivity index (χ4n) is 0.278. The molecule has 1 aromatic rings. The van der Waals surface area contributed by atoms with Crippen LogP contribution in [0.2, 0.25) is 0 Å². The largest absolute Gasteiger partial charge is 0.482 e. The molecule has 3 nitrogen and oxygen atoms in total. The van der Waals surface area contributed by atoms with Gasteiger partial charge in [-0.25, -0.2) is 0 Å². The zero-order valence-corrected chi connectivity index (χ0v) is 4.28. The zero-order chi connectivity index (χ0) is 6.24. The van der Waals surface area contributed by atoms with Gasteiger partial charge in [-0.2, -0.15) is 0 Å². The first-order valence-corrected chi connectivity index (χ1v) is 2.09. The van der Waals surface area contributed by atoms with Crippen LogP contribution in [-0.2, 0) is 0 Å². The van der Waals surface area contributed by atoms with Gasteiger partial charge in [-0.3, -0.25) is 0 Å². The van der Waals surface area contributed by atoms with E-state index in [1.165, 1.54) is 0 Å². The second-order valence-corrected chi connectivity index (χ2v) is 1.00. The first kappa shape index (κ1) is 7.26. The molecule has 1 aromatic heterocycles. The van der Waals surface area contributed by atoms with Crippen LogP contribution in [0.15, 0.2) is 24.5 Å². The van der Waals surface area contributed by atoms with Crippen LogP contribution in [-0.4, -0.2) is 22.7 Å². The highest BCUT2D eigenvalue weighted by Gasteiger charge is 1.55. The molecule has 0 spiro atoms. The summed E-state index contributed by atoms with van der Waals surface area (Å²) in [6.45, 7) is 0. The van der Waals surface area contributed by atoms with Crippen LogP contribution in [0.4, 0.5) is 0 Å². The molecule has 0 saturated carbocycles. The monoisotopic (exact) mass is 112 g/mol. The number of H-pyrrole nitrogens is 1. The SMILES string of the molecule is O[B]O.c1cc[nH]c1. The van der Waals surface area contributed by atoms with Crippen LogP contribution in [0.25, 0.3) is 0 Å². The fraction of sp³-hybridized carbons (Fsp3) is 0. The molecule has 1 rings (SSSR count). The third kappa shape index (κ3) is 5.26. The van der Waals surface area contributed by atoms with E-state index < -0.39 is 0 Å². The Hall–Kier alpha value is -0.735. The predicted molar refractivity (Wildman–Crippen MR) is 31.0 cm³/mol. The normalized spacial score (nSPS) is 6.75. The summed E-state index contributed by atoms with van der Waals surface area (Å²) in [4.78, 5) is 2.86. The Labute approximate surface area is 48.3 Å². The summed E-state index contributed by atoms with van der Waals surface area (Å²) in [6, 6.07) is 3.89. The minimum Gasteiger partial charge on any atom is -0.429 e. The van der Waals surface area contributed by atoms with E-state index in [-0.39, 0.29) is 7.69 Å². The summed E-state index contributed by atoms with van der Waals surface area (Å²) in [5, 5.41) is 14.0. The van der Waals surface area contributed by atoms with Gasteiger partial charge in [0.2, 0.25) is 0 Å². The lowest BCUT2D eigenvalue weighted by atomic mass is 10.5. The molecule has 0 bridgehead atoms. The predicted octanol–water partition coefficient (Wildman–Crippen LogP) is -0.480. The molecule has 0 unspecified atom stereocenters. The van der Waals surface area contributed by atoms with Gasteiger partial charge >= 0.3 is 7.69 Å². The second-order valence-electron chi connectivity index (χ2n) is 1.00. The average molecular weight is 112 g/mol. The first-order valence-electron chi connectivity index (χ1n) is 2.09. The highest BCUT2D eigenvalue weighted by atomic mass is 16.4. The van der Waals surface area contributed by atoms with Gasteiger partial charge in [0.1, 0.15) is 0 Å². The molecule has 0 aliphatic carbocycles. The van der Waals surface area contributed by atoms with Crippen molar-refractivity contribution in [2.24, 2.45) is 0 Å². The number of rotatable bonds is 0. The molecule has 0 saturated heterocycles. The topological polar surface area (TPSA) is 56.2 Å². The van der Waals surface area contributed by atoms with E-state index in [4.69, 9.17) is 10.0 Å². The molecule has 1 heterocycles. The number of nitrogens with one attached hydrogen (secondary N) is 1. The van der Waals surface area contributed by atoms with E-state index in [9.17, 15) is 0 Å². The number of hydrogen-bond donors (Lipinski definition) is 3. The maximum Gasteiger partial charge on any atom is 0.482 e. The Morgan fingerprint density at radius 2 is 1.50 bits per heavy atom. The van der Waals surface area contributed by atoms with Gasteiger partial charge in [0.05, 0.1) is 0 Å². The highest BCUT2D eigenvalue weighted by Crippen LogP contribution is 1.72. The van der Waals surface area contributed by atoms with Crippen molar-refractivity contribution in [2.75, 3.05) is 0 Å². The van der Waals surface area contributed by atoms with Crippen molar-refractivity contribution in [2.45, 2.75) is 0 Å². The second kappa shape index (κ2) is 6.26. The number of hydrogen-bond acceptors (Lipinski definition) is 2. The van der Waals surface area contributed by atoms with E-state index in [1.54, 1.807) is 0 Å². The Balaban J connectivity index is 0.000000145. The Morgan fingerprint density at radius 3 is 1.62 bits per heavy atom. The van der Waals surface area contributed by atoms with Gasteiger partial charge in [-0.05, 0) is 12.1 Å². The van der Waals surface area contributed by atoms with Crippen molar-refractivity contribution in [1.29, 1.82) is 0 Å². The molecule has 3 N–H and O–H groups in total. The molecule has 1 radical (unpaired) electrons. The maximum absolute atomic E-state index is 7.00. The van der Waals surface area contributed by atoms with Crippen molar-refractivity contribution >= 4 is 7.69 Å². The third-order valence-electron chi connectivity index (χ3n) is 0.496. The minimum absolute atomic E-state index is 0. The molecule has 0 aromatic carbocycles. The van der Waals surface area contributed by atoms with E-state index in [0.29, 0.717) is 0 Å². The van der Waals surface area contributed by atoms with E-state index >= 15 is 0 Å². The zero-order valence-electron chi connectivity index (χ0n) is 4.28. The highest BCUT2D eigenvalue weighted by molar-refractivity contribution is 6.13. The molecule has 0 atom stereocenters. The van der Waals surface area contributed by atoms with Crippen LogP contribution in [0.3, 0.4) is 0 Å². The number of aromatic amines is 1. The lowest BCUT2D eigenvalue weighted by molar-refractivity contribution is 0.448. The molecule has 8 heavy (non-hydrogen) atoms. The van der Waals surface area contributed by atoms with Crippen molar-refractivity contribution in [1.82, 2.24) is 4.98 Å². The summed E-state index contributed by atoms with van der Waals surface area (Å²) >= 11 is 0. The lowest BCUT2D eigenvalue weighted by Gasteiger charge is -1.49. The maximum atomic E-state index is 7.00. The molecular formula is C4H7BNO2. The first-order chi connectivity index (χ1) is 3.91. The molecule has 43 valence electrons. The van der Waals surface area contributed by atoms with Gasteiger partial charge < -0.3 is 15.0 Å². The van der Waals surface area contributed by atoms with Gasteiger partial charge in [0.15, 0.2) is 0 Å². The Kier molecular flexibility index (Phi) is 5.69. The standard InChI is InChI=1S/C4H5N.BH2O2/c1-2-4-5-3-1;2-1-3/h1-5H;2-3H. The number of aromatic nitrogens is 1. The summed E-state index contributed by atoms with van der Waals surface area (Å²) in [5.41, 5.74) is 0. The molecular weight excluding hydrogens is 105 g/mol. The van der Waals surface area contributed by atoms with Gasteiger partial charge in [0, 0.05) is 12.4 Å². The van der Waals surface area contributed by atoms with E-state index in [1.807, 2.05) is 24.5 Å². The van der Waals surface area contributed by atoms with E-state index in [0.717, 1.165) is 0 Å². The molecule has 0 amide bonds. The van der Waals surface area contributed by atoms with Crippen LogP contribution in [0, 0.1) is 0 Å². The molecule has 0 aliphatic rings. The van der Waals surface area contributed by atoms with Gasteiger partial charge in [-0.1, -0.05) is 0 Å². The Bertz CT molecular complexity index is 80.9. The van der Waals surface area contributed by atoms with Crippen molar-refractivity contribution in [3.8, 4) is 0 Å². The average Bonchev–Trinajstić information content (AvgIpc) is 2.17. The van der Waals surface area contributed by atoms with Crippen LogP contribution < -0.4 is 0 Å². The molecule has 4 heteroatoms. The smallest absolute Gasteiger partial charge is 0.429 e. The quantitative estimate of drug-likeness (QED) is 0.397.